The van der Waals surface area contributed by atoms with Crippen molar-refractivity contribution in [2.75, 3.05) is 19.6 Å². The first-order valence-corrected chi connectivity index (χ1v) is 7.11. The Kier molecular flexibility index (Phi) is 5.03. The van der Waals surface area contributed by atoms with Crippen LogP contribution in [0.25, 0.3) is 0 Å². The molecular formula is C15H21N3O3. The fourth-order valence-electron chi connectivity index (χ4n) is 2.15. The molecule has 1 aliphatic rings. The molecule has 1 fully saturated rings. The van der Waals surface area contributed by atoms with Crippen LogP contribution in [0.4, 0.5) is 9.59 Å². The Labute approximate surface area is 124 Å². The van der Waals surface area contributed by atoms with Crippen LogP contribution in [0.15, 0.2) is 30.3 Å². The van der Waals surface area contributed by atoms with E-state index >= 15 is 0 Å². The van der Waals surface area contributed by atoms with Gasteiger partial charge in [-0.2, -0.15) is 0 Å². The van der Waals surface area contributed by atoms with Gasteiger partial charge in [-0.25, -0.2) is 9.59 Å². The molecule has 1 aliphatic heterocycles. The number of urea groups is 1. The first-order chi connectivity index (χ1) is 10.1. The van der Waals surface area contributed by atoms with Crippen molar-refractivity contribution in [2.45, 2.75) is 26.0 Å². The first-order valence-electron chi connectivity index (χ1n) is 7.11. The third-order valence-corrected chi connectivity index (χ3v) is 3.15. The fraction of sp³-hybridized carbons (Fsp3) is 0.467. The summed E-state index contributed by atoms with van der Waals surface area (Å²) < 4.78 is 5.34. The molecule has 1 unspecified atom stereocenters. The SMILES string of the molecule is CC(C)NC(=O)NCCN1CC(c2ccccc2)OC1=O. The average Bonchev–Trinajstić information content (AvgIpc) is 2.80. The fourth-order valence-corrected chi connectivity index (χ4v) is 2.15. The quantitative estimate of drug-likeness (QED) is 0.870. The molecule has 6 nitrogen and oxygen atoms in total. The molecule has 0 spiro atoms. The van der Waals surface area contributed by atoms with E-state index in [2.05, 4.69) is 10.6 Å². The van der Waals surface area contributed by atoms with E-state index in [1.165, 1.54) is 0 Å². The van der Waals surface area contributed by atoms with Crippen molar-refractivity contribution in [2.24, 2.45) is 0 Å². The summed E-state index contributed by atoms with van der Waals surface area (Å²) in [5.41, 5.74) is 0.985. The topological polar surface area (TPSA) is 70.7 Å². The number of nitrogens with one attached hydrogen (secondary N) is 2. The van der Waals surface area contributed by atoms with Crippen molar-refractivity contribution in [1.29, 1.82) is 0 Å². The van der Waals surface area contributed by atoms with Crippen LogP contribution in [0, 0.1) is 0 Å². The third kappa shape index (κ3) is 4.37. The highest BCUT2D eigenvalue weighted by Crippen LogP contribution is 2.25. The Bertz CT molecular complexity index is 490. The maximum absolute atomic E-state index is 11.8. The van der Waals surface area contributed by atoms with Gasteiger partial charge in [-0.05, 0) is 19.4 Å². The molecule has 21 heavy (non-hydrogen) atoms. The highest BCUT2D eigenvalue weighted by atomic mass is 16.6. The molecule has 3 amide bonds. The Morgan fingerprint density at radius 3 is 2.76 bits per heavy atom. The van der Waals surface area contributed by atoms with Crippen LogP contribution in [0.2, 0.25) is 0 Å². The lowest BCUT2D eigenvalue weighted by Crippen LogP contribution is -2.43. The summed E-state index contributed by atoms with van der Waals surface area (Å²) in [4.78, 5) is 24.8. The standard InChI is InChI=1S/C15H21N3O3/c1-11(2)17-14(19)16-8-9-18-10-13(21-15(18)20)12-6-4-3-5-7-12/h3-7,11,13H,8-10H2,1-2H3,(H2,16,17,19). The molecule has 1 saturated heterocycles. The zero-order valence-corrected chi connectivity index (χ0v) is 12.3. The third-order valence-electron chi connectivity index (χ3n) is 3.15. The second kappa shape index (κ2) is 6.97. The summed E-state index contributed by atoms with van der Waals surface area (Å²) in [5.74, 6) is 0. The van der Waals surface area contributed by atoms with E-state index in [4.69, 9.17) is 4.74 Å². The van der Waals surface area contributed by atoms with Crippen LogP contribution in [-0.2, 0) is 4.74 Å². The lowest BCUT2D eigenvalue weighted by atomic mass is 10.1. The number of nitrogens with zero attached hydrogens (tertiary/aromatic N) is 1. The summed E-state index contributed by atoms with van der Waals surface area (Å²) in [5, 5.41) is 5.45. The number of amides is 3. The molecule has 114 valence electrons. The van der Waals surface area contributed by atoms with Crippen molar-refractivity contribution in [3.63, 3.8) is 0 Å². The minimum atomic E-state index is -0.338. The molecule has 0 aromatic heterocycles. The Balaban J connectivity index is 1.78. The van der Waals surface area contributed by atoms with Gasteiger partial charge < -0.3 is 20.3 Å². The van der Waals surface area contributed by atoms with E-state index in [0.717, 1.165) is 5.56 Å². The molecule has 1 heterocycles. The summed E-state index contributed by atoms with van der Waals surface area (Å²) in [6.07, 6.45) is -0.571. The lowest BCUT2D eigenvalue weighted by molar-refractivity contribution is 0.133. The molecular weight excluding hydrogens is 270 g/mol. The van der Waals surface area contributed by atoms with Gasteiger partial charge in [0.2, 0.25) is 0 Å². The number of cyclic esters (lactones) is 1. The number of hydrogen-bond acceptors (Lipinski definition) is 3. The summed E-state index contributed by atoms with van der Waals surface area (Å²) in [6.45, 7) is 5.13. The predicted molar refractivity (Wildman–Crippen MR) is 78.9 cm³/mol. The van der Waals surface area contributed by atoms with Crippen LogP contribution < -0.4 is 10.6 Å². The Morgan fingerprint density at radius 1 is 1.38 bits per heavy atom. The molecule has 2 N–H and O–H groups in total. The zero-order valence-electron chi connectivity index (χ0n) is 12.3. The number of rotatable bonds is 5. The van der Waals surface area contributed by atoms with Gasteiger partial charge in [-0.1, -0.05) is 30.3 Å². The van der Waals surface area contributed by atoms with Gasteiger partial charge in [0.15, 0.2) is 0 Å². The van der Waals surface area contributed by atoms with Gasteiger partial charge in [0, 0.05) is 19.1 Å². The smallest absolute Gasteiger partial charge is 0.410 e. The minimum absolute atomic E-state index is 0.0872. The van der Waals surface area contributed by atoms with Crippen LogP contribution >= 0.6 is 0 Å². The molecule has 2 rings (SSSR count). The average molecular weight is 291 g/mol. The first kappa shape index (κ1) is 15.2. The van der Waals surface area contributed by atoms with Crippen molar-refractivity contribution < 1.29 is 14.3 Å². The van der Waals surface area contributed by atoms with Gasteiger partial charge in [-0.3, -0.25) is 0 Å². The van der Waals surface area contributed by atoms with Gasteiger partial charge in [0.25, 0.3) is 0 Å². The molecule has 0 aliphatic carbocycles. The summed E-state index contributed by atoms with van der Waals surface area (Å²) in [7, 11) is 0. The van der Waals surface area contributed by atoms with Gasteiger partial charge in [0.05, 0.1) is 6.54 Å². The van der Waals surface area contributed by atoms with Gasteiger partial charge in [0.1, 0.15) is 6.10 Å². The summed E-state index contributed by atoms with van der Waals surface area (Å²) in [6, 6.07) is 9.51. The molecule has 1 aromatic carbocycles. The van der Waals surface area contributed by atoms with Crippen LogP contribution in [0.3, 0.4) is 0 Å². The van der Waals surface area contributed by atoms with Crippen molar-refractivity contribution in [3.8, 4) is 0 Å². The Morgan fingerprint density at radius 2 is 2.10 bits per heavy atom. The Hall–Kier alpha value is -2.24. The van der Waals surface area contributed by atoms with E-state index in [9.17, 15) is 9.59 Å². The number of hydrogen-bond donors (Lipinski definition) is 2. The predicted octanol–water partition coefficient (Wildman–Crippen LogP) is 1.89. The van der Waals surface area contributed by atoms with Crippen LogP contribution in [-0.4, -0.2) is 42.7 Å². The molecule has 1 atom stereocenters. The van der Waals surface area contributed by atoms with Crippen LogP contribution in [0.1, 0.15) is 25.5 Å². The second-order valence-corrected chi connectivity index (χ2v) is 5.28. The van der Waals surface area contributed by atoms with Crippen molar-refractivity contribution in [3.05, 3.63) is 35.9 Å². The number of benzene rings is 1. The molecule has 0 radical (unpaired) electrons. The number of carbonyl (C=O) groups excluding carboxylic acids is 2. The number of carbonyl (C=O) groups is 2. The van der Waals surface area contributed by atoms with Gasteiger partial charge >= 0.3 is 12.1 Å². The van der Waals surface area contributed by atoms with Crippen molar-refractivity contribution >= 4 is 12.1 Å². The van der Waals surface area contributed by atoms with Crippen molar-refractivity contribution in [1.82, 2.24) is 15.5 Å². The maximum Gasteiger partial charge on any atom is 0.410 e. The van der Waals surface area contributed by atoms with E-state index in [1.807, 2.05) is 44.2 Å². The van der Waals surface area contributed by atoms with E-state index < -0.39 is 0 Å². The molecule has 1 aromatic rings. The van der Waals surface area contributed by atoms with Crippen LogP contribution in [0.5, 0.6) is 0 Å². The van der Waals surface area contributed by atoms with E-state index in [1.54, 1.807) is 4.90 Å². The molecule has 6 heteroatoms. The minimum Gasteiger partial charge on any atom is -0.439 e. The van der Waals surface area contributed by atoms with E-state index in [0.29, 0.717) is 19.6 Å². The largest absolute Gasteiger partial charge is 0.439 e. The second-order valence-electron chi connectivity index (χ2n) is 5.28. The molecule has 0 bridgehead atoms. The lowest BCUT2D eigenvalue weighted by Gasteiger charge is -2.14. The summed E-state index contributed by atoms with van der Waals surface area (Å²) >= 11 is 0. The van der Waals surface area contributed by atoms with Gasteiger partial charge in [-0.15, -0.1) is 0 Å². The maximum atomic E-state index is 11.8. The monoisotopic (exact) mass is 291 g/mol. The highest BCUT2D eigenvalue weighted by molar-refractivity contribution is 5.74. The van der Waals surface area contributed by atoms with E-state index in [-0.39, 0.29) is 24.3 Å². The zero-order chi connectivity index (χ0) is 15.2. The number of ether oxygens (including phenoxy) is 1. The normalized spacial score (nSPS) is 17.8. The molecule has 0 saturated carbocycles. The highest BCUT2D eigenvalue weighted by Gasteiger charge is 2.31.